The summed E-state index contributed by atoms with van der Waals surface area (Å²) in [5.41, 5.74) is 1.47. The first kappa shape index (κ1) is 28.0. The molecule has 0 bridgehead atoms. The molecule has 42 heavy (non-hydrogen) atoms. The van der Waals surface area contributed by atoms with Crippen LogP contribution in [0.2, 0.25) is 0 Å². The van der Waals surface area contributed by atoms with E-state index in [0.29, 0.717) is 26.7 Å². The van der Waals surface area contributed by atoms with Gasteiger partial charge in [-0.15, -0.1) is 0 Å². The maximum absolute atomic E-state index is 13.7. The largest absolute Gasteiger partial charge is 0.481 e. The minimum Gasteiger partial charge on any atom is -0.481 e. The molecule has 0 atom stereocenters. The van der Waals surface area contributed by atoms with Crippen LogP contribution in [0.3, 0.4) is 0 Å². The molecule has 0 aliphatic rings. The quantitative estimate of drug-likeness (QED) is 0.0919. The molecule has 0 saturated carbocycles. The number of para-hydroxylation sites is 2. The molecule has 0 unspecified atom stereocenters. The van der Waals surface area contributed by atoms with Crippen LogP contribution in [-0.2, 0) is 6.61 Å². The normalized spacial score (nSPS) is 11.5. The molecular formula is C30H17Br3N4O5. The molecule has 9 nitrogen and oxygen atoms in total. The molecular weight excluding hydrogens is 736 g/mol. The number of nitro groups is 1. The lowest BCUT2D eigenvalue weighted by atomic mass is 10.2. The summed E-state index contributed by atoms with van der Waals surface area (Å²) in [6.07, 6.45) is 1.34. The second-order valence-corrected chi connectivity index (χ2v) is 11.8. The number of fused-ring (bicyclic) bond motifs is 2. The lowest BCUT2D eigenvalue weighted by molar-refractivity contribution is -0.386. The Morgan fingerprint density at radius 1 is 0.976 bits per heavy atom. The molecule has 0 spiro atoms. The lowest BCUT2D eigenvalue weighted by Crippen LogP contribution is -2.20. The van der Waals surface area contributed by atoms with E-state index in [1.54, 1.807) is 36.4 Å². The standard InChI is InChI=1S/C30H17Br3N4O5/c31-20-10-9-18(23(33)13-20)16-41-28-19(11-21(32)14-25(28)37(39)40)15-34-36-29(27-12-17-5-1-4-8-26(17)42-27)35-24-7-3-2-6-22(24)30(36)38/h1-15H,16H2. The molecule has 0 saturated heterocycles. The van der Waals surface area contributed by atoms with Crippen molar-refractivity contribution in [3.8, 4) is 17.3 Å². The number of furan rings is 1. The van der Waals surface area contributed by atoms with E-state index in [4.69, 9.17) is 14.1 Å². The fourth-order valence-electron chi connectivity index (χ4n) is 4.38. The van der Waals surface area contributed by atoms with E-state index in [1.165, 1.54) is 12.3 Å². The van der Waals surface area contributed by atoms with Gasteiger partial charge in [0.2, 0.25) is 11.6 Å². The maximum Gasteiger partial charge on any atom is 0.312 e. The van der Waals surface area contributed by atoms with Gasteiger partial charge < -0.3 is 9.15 Å². The number of nitro benzene ring substituents is 1. The third kappa shape index (κ3) is 5.52. The maximum atomic E-state index is 13.7. The molecule has 6 aromatic rings. The number of aromatic nitrogens is 2. The fraction of sp³-hybridized carbons (Fsp3) is 0.0333. The lowest BCUT2D eigenvalue weighted by Gasteiger charge is -2.12. The van der Waals surface area contributed by atoms with Crippen molar-refractivity contribution < 1.29 is 14.1 Å². The number of halogens is 3. The molecule has 0 N–H and O–H groups in total. The highest BCUT2D eigenvalue weighted by Gasteiger charge is 2.22. The van der Waals surface area contributed by atoms with Gasteiger partial charge in [-0.05, 0) is 42.5 Å². The van der Waals surface area contributed by atoms with Gasteiger partial charge in [-0.25, -0.2) is 4.98 Å². The first-order valence-corrected chi connectivity index (χ1v) is 14.8. The van der Waals surface area contributed by atoms with Crippen LogP contribution >= 0.6 is 47.8 Å². The second kappa shape index (κ2) is 11.6. The first-order valence-electron chi connectivity index (χ1n) is 12.4. The smallest absolute Gasteiger partial charge is 0.312 e. The molecule has 2 heterocycles. The van der Waals surface area contributed by atoms with E-state index in [1.807, 2.05) is 42.5 Å². The van der Waals surface area contributed by atoms with Crippen LogP contribution in [0.4, 0.5) is 5.69 Å². The molecule has 2 aromatic heterocycles. The summed E-state index contributed by atoms with van der Waals surface area (Å²) in [6, 6.07) is 24.7. The molecule has 6 rings (SSSR count). The first-order chi connectivity index (χ1) is 20.3. The topological polar surface area (TPSA) is 113 Å². The summed E-state index contributed by atoms with van der Waals surface area (Å²) in [6.45, 7) is 0.0406. The van der Waals surface area contributed by atoms with E-state index in [2.05, 4.69) is 52.9 Å². The van der Waals surface area contributed by atoms with Gasteiger partial charge in [-0.1, -0.05) is 84.2 Å². The van der Waals surface area contributed by atoms with Crippen molar-refractivity contribution in [1.82, 2.24) is 9.66 Å². The Hall–Kier alpha value is -4.13. The van der Waals surface area contributed by atoms with Gasteiger partial charge in [0.25, 0.3) is 5.56 Å². The van der Waals surface area contributed by atoms with E-state index in [9.17, 15) is 14.9 Å². The highest BCUT2D eigenvalue weighted by molar-refractivity contribution is 9.11. The Kier molecular flexibility index (Phi) is 7.76. The van der Waals surface area contributed by atoms with Crippen LogP contribution in [0.1, 0.15) is 11.1 Å². The summed E-state index contributed by atoms with van der Waals surface area (Å²) >= 11 is 10.3. The van der Waals surface area contributed by atoms with Crippen molar-refractivity contribution in [2.75, 3.05) is 0 Å². The highest BCUT2D eigenvalue weighted by atomic mass is 79.9. The van der Waals surface area contributed by atoms with Gasteiger partial charge in [-0.3, -0.25) is 14.9 Å². The van der Waals surface area contributed by atoms with Crippen molar-refractivity contribution in [1.29, 1.82) is 0 Å². The Bertz CT molecular complexity index is 2070. The van der Waals surface area contributed by atoms with Gasteiger partial charge in [0.05, 0.1) is 22.0 Å². The molecule has 0 radical (unpaired) electrons. The summed E-state index contributed by atoms with van der Waals surface area (Å²) in [5, 5.41) is 17.7. The molecule has 12 heteroatoms. The third-order valence-corrected chi connectivity index (χ3v) is 8.05. The molecule has 0 aliphatic heterocycles. The summed E-state index contributed by atoms with van der Waals surface area (Å²) < 4.78 is 15.3. The number of nitrogens with zero attached hydrogens (tertiary/aromatic N) is 4. The number of benzene rings is 4. The monoisotopic (exact) mass is 750 g/mol. The minimum atomic E-state index is -0.530. The second-order valence-electron chi connectivity index (χ2n) is 9.09. The van der Waals surface area contributed by atoms with Crippen molar-refractivity contribution in [2.24, 2.45) is 5.10 Å². The van der Waals surface area contributed by atoms with E-state index < -0.39 is 10.5 Å². The number of ether oxygens (including phenoxy) is 1. The molecule has 0 aliphatic carbocycles. The van der Waals surface area contributed by atoms with Crippen LogP contribution in [0.25, 0.3) is 33.5 Å². The van der Waals surface area contributed by atoms with Crippen molar-refractivity contribution >= 4 is 81.6 Å². The van der Waals surface area contributed by atoms with Crippen LogP contribution in [0.5, 0.6) is 5.75 Å². The van der Waals surface area contributed by atoms with Crippen LogP contribution in [0.15, 0.2) is 113 Å². The summed E-state index contributed by atoms with van der Waals surface area (Å²) in [5.74, 6) is 0.513. The Morgan fingerprint density at radius 3 is 2.55 bits per heavy atom. The van der Waals surface area contributed by atoms with Crippen LogP contribution < -0.4 is 10.3 Å². The van der Waals surface area contributed by atoms with Gasteiger partial charge in [0.15, 0.2) is 5.76 Å². The summed E-state index contributed by atoms with van der Waals surface area (Å²) in [4.78, 5) is 29.8. The zero-order chi connectivity index (χ0) is 29.4. The SMILES string of the molecule is O=c1c2ccccc2nc(-c2cc3ccccc3o2)n1N=Cc1cc(Br)cc([N+](=O)[O-])c1OCc1ccc(Br)cc1Br. The van der Waals surface area contributed by atoms with Crippen LogP contribution in [0, 0.1) is 10.1 Å². The number of hydrogen-bond acceptors (Lipinski definition) is 7. The molecule has 208 valence electrons. The fourth-order valence-corrected chi connectivity index (χ4v) is 6.00. The highest BCUT2D eigenvalue weighted by Crippen LogP contribution is 2.35. The van der Waals surface area contributed by atoms with E-state index in [0.717, 1.165) is 24.6 Å². The van der Waals surface area contributed by atoms with Gasteiger partial charge in [-0.2, -0.15) is 9.78 Å². The third-order valence-electron chi connectivity index (χ3n) is 6.36. The van der Waals surface area contributed by atoms with E-state index in [-0.39, 0.29) is 29.4 Å². The molecule has 4 aromatic carbocycles. The minimum absolute atomic E-state index is 0.00569. The Labute approximate surface area is 263 Å². The van der Waals surface area contributed by atoms with E-state index >= 15 is 0 Å². The predicted molar refractivity (Wildman–Crippen MR) is 171 cm³/mol. The average molecular weight is 753 g/mol. The average Bonchev–Trinajstić information content (AvgIpc) is 3.41. The zero-order valence-corrected chi connectivity index (χ0v) is 26.1. The number of rotatable bonds is 7. The van der Waals surface area contributed by atoms with Gasteiger partial charge in [0.1, 0.15) is 12.2 Å². The zero-order valence-electron chi connectivity index (χ0n) is 21.3. The Balaban J connectivity index is 1.49. The van der Waals surface area contributed by atoms with Crippen molar-refractivity contribution in [3.63, 3.8) is 0 Å². The summed E-state index contributed by atoms with van der Waals surface area (Å²) in [7, 11) is 0. The van der Waals surface area contributed by atoms with Crippen molar-refractivity contribution in [2.45, 2.75) is 6.61 Å². The number of hydrogen-bond donors (Lipinski definition) is 0. The molecule has 0 amide bonds. The van der Waals surface area contributed by atoms with Gasteiger partial charge >= 0.3 is 5.69 Å². The predicted octanol–water partition coefficient (Wildman–Crippen LogP) is 8.47. The van der Waals surface area contributed by atoms with Crippen LogP contribution in [-0.4, -0.2) is 20.8 Å². The molecule has 0 fully saturated rings. The van der Waals surface area contributed by atoms with Crippen molar-refractivity contribution in [3.05, 3.63) is 130 Å². The Morgan fingerprint density at radius 2 is 1.76 bits per heavy atom. The van der Waals surface area contributed by atoms with Gasteiger partial charge in [0, 0.05) is 36.0 Å².